The first-order valence-electron chi connectivity index (χ1n) is 55.5. The van der Waals surface area contributed by atoms with Gasteiger partial charge in [0, 0.05) is 44.8 Å². The van der Waals surface area contributed by atoms with E-state index in [9.17, 15) is 113 Å². The zero-order valence-electron chi connectivity index (χ0n) is 88.7. The number of nitrogens with one attached hydrogen (secondary N) is 1. The van der Waals surface area contributed by atoms with Crippen LogP contribution in [-0.2, 0) is 121 Å². The molecule has 5 aliphatic rings. The van der Waals surface area contributed by atoms with E-state index in [0.29, 0.717) is 19.3 Å². The standard InChI is InChI=1S/C98H191N5O42P4S/c1-4-7-10-13-16-19-22-25-27-29-30-31-32-35-38-40-43-46-49-52-74(105)135-68(62-127-57-51-48-45-42-39-36-33-28-26-23-20-17-14-11-8-5-2)63-132-149(125,126)144-90-86(116)82(112)85(115)89(93(90)140-75(106)53-50-47-44-41-37-34-24-21-18-15-12-9-6-3)142-95-76(102)80(110)88(70(61-104)136-95)141-98-92(145-148(123,124)130-59-55-100)84(114)78(108)71(139-98)64-128-97-91(83(113)79(109)73(138-97)66-133-146(119,120)129-58-54-99)143-96-87(117)81(111)77(107)72(137-96)65-134-147(121,122)131-60-56-103-94(118)69(101)67-150/h68-73,76-93,95-98,104,107-117,150H,4-67,99-102H2,1-3H3,(H,103,118)(H,119,120)(H,121,122)(H,123,124)(H,125,126)/t68-,69+,70-,71-,72-,73-,76-,77-,78-,79-,80-,81+,82-,83+,84+,85-,86+,87+,88-,89+,90+,91+,92+,93-,95-,96-,97+,98-/m1/s1. The largest absolute Gasteiger partial charge is 0.472 e. The van der Waals surface area contributed by atoms with Gasteiger partial charge in [-0.05, 0) is 19.3 Å². The van der Waals surface area contributed by atoms with E-state index < -0.39 is 280 Å². The molecule has 0 bridgehead atoms. The van der Waals surface area contributed by atoms with Crippen LogP contribution in [0, 0.1) is 0 Å². The fourth-order valence-corrected chi connectivity index (χ4v) is 21.9. The van der Waals surface area contributed by atoms with Gasteiger partial charge in [-0.15, -0.1) is 0 Å². The number of nitrogens with two attached hydrogens (primary N) is 4. The minimum Gasteiger partial charge on any atom is -0.457 e. The molecule has 25 N–H and O–H groups in total. The highest BCUT2D eigenvalue weighted by Crippen LogP contribution is 2.51. The number of unbranched alkanes of at least 4 members (excludes halogenated alkanes) is 45. The lowest BCUT2D eigenvalue weighted by molar-refractivity contribution is -0.376. The molecular weight excluding hydrogens is 2080 g/mol. The molecule has 4 aliphatic heterocycles. The van der Waals surface area contributed by atoms with Gasteiger partial charge in [0.15, 0.2) is 31.3 Å². The zero-order chi connectivity index (χ0) is 110. The Hall–Kier alpha value is -1.80. The van der Waals surface area contributed by atoms with Crippen LogP contribution in [0.2, 0.25) is 0 Å². The number of hydrogen-bond acceptors (Lipinski definition) is 43. The number of amides is 1. The molecule has 52 heteroatoms. The Morgan fingerprint density at radius 2 is 0.700 bits per heavy atom. The summed E-state index contributed by atoms with van der Waals surface area (Å²) < 4.78 is 161. The van der Waals surface area contributed by atoms with Gasteiger partial charge in [-0.1, -0.05) is 310 Å². The molecule has 0 aromatic carbocycles. The number of thiol groups is 1. The predicted molar refractivity (Wildman–Crippen MR) is 553 cm³/mol. The molecule has 150 heavy (non-hydrogen) atoms. The molecular formula is C98H191N5O42P4S. The number of phosphoric acid groups is 4. The molecule has 1 aliphatic carbocycles. The van der Waals surface area contributed by atoms with E-state index in [1.54, 1.807) is 0 Å². The van der Waals surface area contributed by atoms with Crippen LogP contribution in [0.5, 0.6) is 0 Å². The summed E-state index contributed by atoms with van der Waals surface area (Å²) in [5, 5.41) is 143. The molecule has 47 nitrogen and oxygen atoms in total. The molecule has 0 spiro atoms. The molecule has 5 fully saturated rings. The number of carbonyl (C=O) groups excluding carboxylic acids is 3. The Labute approximate surface area is 892 Å². The van der Waals surface area contributed by atoms with Gasteiger partial charge < -0.3 is 161 Å². The lowest BCUT2D eigenvalue weighted by Gasteiger charge is -2.49. The third-order valence-corrected chi connectivity index (χ3v) is 31.7. The number of phosphoric ester groups is 4. The van der Waals surface area contributed by atoms with Crippen molar-refractivity contribution in [3.05, 3.63) is 0 Å². The third kappa shape index (κ3) is 54.8. The van der Waals surface area contributed by atoms with Crippen molar-refractivity contribution < 1.29 is 202 Å². The van der Waals surface area contributed by atoms with Crippen LogP contribution in [0.25, 0.3) is 0 Å². The van der Waals surface area contributed by atoms with Crippen molar-refractivity contribution in [1.29, 1.82) is 0 Å². The van der Waals surface area contributed by atoms with Crippen molar-refractivity contribution in [2.45, 2.75) is 513 Å². The Kier molecular flexibility index (Phi) is 73.3. The van der Waals surface area contributed by atoms with Gasteiger partial charge >= 0.3 is 43.2 Å². The summed E-state index contributed by atoms with van der Waals surface area (Å²) in [7, 11) is -21.3. The second-order valence-corrected chi connectivity index (χ2v) is 46.2. The maximum atomic E-state index is 14.6. The maximum absolute atomic E-state index is 14.6. The van der Waals surface area contributed by atoms with Crippen molar-refractivity contribution in [1.82, 2.24) is 5.32 Å². The minimum absolute atomic E-state index is 0.00644. The average molecular weight is 2270 g/mol. The first-order chi connectivity index (χ1) is 71.8. The highest BCUT2D eigenvalue weighted by molar-refractivity contribution is 7.80. The van der Waals surface area contributed by atoms with Gasteiger partial charge in [-0.3, -0.25) is 50.6 Å². The van der Waals surface area contributed by atoms with Gasteiger partial charge in [0.25, 0.3) is 0 Å². The number of ether oxygens (including phenoxy) is 11. The molecule has 886 valence electrons. The first-order valence-corrected chi connectivity index (χ1v) is 62.1. The minimum atomic E-state index is -5.66. The van der Waals surface area contributed by atoms with Crippen LogP contribution in [0.4, 0.5) is 0 Å². The van der Waals surface area contributed by atoms with Crippen LogP contribution in [-0.4, -0.2) is 362 Å². The predicted octanol–water partition coefficient (Wildman–Crippen LogP) is 8.33. The topological polar surface area (TPSA) is 735 Å². The van der Waals surface area contributed by atoms with Crippen molar-refractivity contribution in [2.75, 3.05) is 91.5 Å². The number of rotatable bonds is 90. The van der Waals surface area contributed by atoms with Crippen molar-refractivity contribution >= 4 is 61.8 Å². The van der Waals surface area contributed by atoms with E-state index >= 15 is 0 Å². The Balaban J connectivity index is 1.39. The van der Waals surface area contributed by atoms with Crippen molar-refractivity contribution in [3.63, 3.8) is 0 Å². The number of aliphatic hydroxyl groups is 12. The molecule has 5 rings (SSSR count). The molecule has 1 amide bonds. The van der Waals surface area contributed by atoms with Gasteiger partial charge in [0.1, 0.15) is 128 Å². The van der Waals surface area contributed by atoms with Crippen LogP contribution in [0.15, 0.2) is 0 Å². The van der Waals surface area contributed by atoms with Gasteiger partial charge in [-0.25, -0.2) is 18.3 Å². The second-order valence-electron chi connectivity index (χ2n) is 40.1. The highest BCUT2D eigenvalue weighted by Gasteiger charge is 2.60. The van der Waals surface area contributed by atoms with Crippen LogP contribution in [0.1, 0.15) is 342 Å². The smallest absolute Gasteiger partial charge is 0.457 e. The maximum Gasteiger partial charge on any atom is 0.472 e. The van der Waals surface area contributed by atoms with Gasteiger partial charge in [-0.2, -0.15) is 12.6 Å². The van der Waals surface area contributed by atoms with Crippen LogP contribution in [0.3, 0.4) is 0 Å². The van der Waals surface area contributed by atoms with Gasteiger partial charge in [0.2, 0.25) is 5.91 Å². The fourth-order valence-electron chi connectivity index (χ4n) is 18.4. The van der Waals surface area contributed by atoms with Crippen molar-refractivity contribution in [3.8, 4) is 0 Å². The van der Waals surface area contributed by atoms with Crippen LogP contribution < -0.4 is 28.3 Å². The molecule has 4 heterocycles. The highest BCUT2D eigenvalue weighted by atomic mass is 32.1. The van der Waals surface area contributed by atoms with E-state index in [1.807, 2.05) is 0 Å². The number of aliphatic hydroxyl groups excluding tert-OH is 12. The summed E-state index contributed by atoms with van der Waals surface area (Å²) in [6.45, 7) is -1.88. The summed E-state index contributed by atoms with van der Waals surface area (Å²) in [6.07, 6.45) is -5.57. The summed E-state index contributed by atoms with van der Waals surface area (Å²) in [4.78, 5) is 83.9. The summed E-state index contributed by atoms with van der Waals surface area (Å²) in [5.41, 5.74) is 23.4. The third-order valence-electron chi connectivity index (χ3n) is 27.3. The van der Waals surface area contributed by atoms with E-state index in [1.165, 1.54) is 167 Å². The van der Waals surface area contributed by atoms with E-state index in [0.717, 1.165) is 116 Å². The molecule has 0 aromatic heterocycles. The second kappa shape index (κ2) is 79.3. The van der Waals surface area contributed by atoms with E-state index in [2.05, 4.69) is 38.7 Å². The average Bonchev–Trinajstić information content (AvgIpc) is 0.760. The fraction of sp³-hybridized carbons (Fsp3) is 0.969. The quantitative estimate of drug-likeness (QED) is 0.0118. The summed E-state index contributed by atoms with van der Waals surface area (Å²) in [6, 6.07) is -3.09. The Morgan fingerprint density at radius 1 is 0.347 bits per heavy atom. The number of hydrogen-bond donors (Lipinski definition) is 22. The molecule has 0 radical (unpaired) electrons. The number of carbonyl (C=O) groups is 3. The Morgan fingerprint density at radius 3 is 1.15 bits per heavy atom. The normalized spacial score (nSPS) is 29.9. The molecule has 32 atom stereocenters. The Bertz CT molecular complexity index is 3690. The van der Waals surface area contributed by atoms with Crippen molar-refractivity contribution in [2.24, 2.45) is 22.9 Å². The molecule has 1 saturated carbocycles. The lowest BCUT2D eigenvalue weighted by Crippen LogP contribution is -2.70. The monoisotopic (exact) mass is 2270 g/mol. The molecule has 4 unspecified atom stereocenters. The van der Waals surface area contributed by atoms with Crippen LogP contribution >= 0.6 is 43.9 Å². The zero-order valence-corrected chi connectivity index (χ0v) is 93.2. The van der Waals surface area contributed by atoms with Gasteiger partial charge in [0.05, 0.1) is 71.5 Å². The summed E-state index contributed by atoms with van der Waals surface area (Å²) >= 11 is 3.93. The lowest BCUT2D eigenvalue weighted by atomic mass is 9.84. The summed E-state index contributed by atoms with van der Waals surface area (Å²) in [5.74, 6) is -2.40. The SMILES string of the molecule is CCCCCCCCCCCCCCCCCCCCCC(=O)O[C@H](COCCCCCCCCCCCCCCCCCC)COP(=O)(O)O[C@H]1[C@@H](O)[C@H](O)[C@@H](O)[C@H](O[C@H]2O[C@H](CO)[C@@H](O[C@H]3O[C@H](CO[C@H]4O[C@H](COP(=O)(O)OCCN)[C@@H](O)[C@H](O)[C@@H]4O[C@H]4O[C@H](COP(=O)(O)OCCNC(=O)[C@@H](N)CS)[C@@H](O)[C@H](O)[C@@H]4O)[C@@H](O)[C@H](O)[C@@H]3OP(=O)(O)OCCN)[C@H](O)[C@H]2N)[C@H]1OC(=O)CCCCCCCCCCCCCCC. The van der Waals surface area contributed by atoms with E-state index in [4.69, 9.17) is 111 Å². The first kappa shape index (κ1) is 139. The van der Waals surface area contributed by atoms with E-state index in [-0.39, 0.29) is 51.3 Å². The number of esters is 2. The molecule has 4 saturated heterocycles. The molecule has 0 aromatic rings.